The number of aryl methyl sites for hydroxylation is 2. The Hall–Kier alpha value is -2.95. The van der Waals surface area contributed by atoms with Crippen molar-refractivity contribution < 1.29 is 19.1 Å². The normalized spacial score (nSPS) is 12.8. The Balaban J connectivity index is 1.49. The summed E-state index contributed by atoms with van der Waals surface area (Å²) in [5, 5.41) is 2.63. The molecule has 3 rings (SSSR count). The van der Waals surface area contributed by atoms with Crippen molar-refractivity contribution in [3.63, 3.8) is 0 Å². The van der Waals surface area contributed by atoms with E-state index in [4.69, 9.17) is 4.74 Å². The van der Waals surface area contributed by atoms with Crippen LogP contribution in [0.5, 0.6) is 0 Å². The molecule has 1 N–H and O–H groups in total. The van der Waals surface area contributed by atoms with E-state index < -0.39 is 11.9 Å². The molecule has 2 aromatic carbocycles. The zero-order valence-corrected chi connectivity index (χ0v) is 15.4. The second kappa shape index (κ2) is 8.62. The zero-order valence-electron chi connectivity index (χ0n) is 15.4. The number of carbonyl (C=O) groups excluding carboxylic acids is 3. The molecule has 27 heavy (non-hydrogen) atoms. The van der Waals surface area contributed by atoms with Crippen LogP contribution in [0.2, 0.25) is 0 Å². The van der Waals surface area contributed by atoms with Crippen LogP contribution in [-0.2, 0) is 33.6 Å². The molecule has 0 saturated carbocycles. The Morgan fingerprint density at radius 2 is 1.78 bits per heavy atom. The molecule has 0 fully saturated rings. The van der Waals surface area contributed by atoms with Gasteiger partial charge in [0.15, 0.2) is 12.4 Å². The van der Waals surface area contributed by atoms with Gasteiger partial charge in [0.2, 0.25) is 0 Å². The van der Waals surface area contributed by atoms with E-state index in [9.17, 15) is 14.4 Å². The Morgan fingerprint density at radius 3 is 2.56 bits per heavy atom. The molecular formula is C22H23NO4. The first-order valence-corrected chi connectivity index (χ1v) is 9.18. The van der Waals surface area contributed by atoms with Crippen LogP contribution in [-0.4, -0.2) is 24.3 Å². The average molecular weight is 365 g/mol. The van der Waals surface area contributed by atoms with Gasteiger partial charge in [0.05, 0.1) is 6.42 Å². The molecule has 0 saturated heterocycles. The number of Topliss-reactive ketones (excluding diaryl/α,β-unsaturated/α-hetero) is 1. The van der Waals surface area contributed by atoms with Gasteiger partial charge in [0.1, 0.15) is 0 Å². The summed E-state index contributed by atoms with van der Waals surface area (Å²) in [6, 6.07) is 12.8. The lowest BCUT2D eigenvalue weighted by Crippen LogP contribution is -2.21. The summed E-state index contributed by atoms with van der Waals surface area (Å²) in [5.41, 5.74) is 4.60. The lowest BCUT2D eigenvalue weighted by molar-refractivity contribution is -0.146. The van der Waals surface area contributed by atoms with Gasteiger partial charge in [-0.1, -0.05) is 30.3 Å². The van der Waals surface area contributed by atoms with Gasteiger partial charge >= 0.3 is 5.97 Å². The highest BCUT2D eigenvalue weighted by Crippen LogP contribution is 2.22. The number of ketones is 1. The molecule has 0 radical (unpaired) electrons. The van der Waals surface area contributed by atoms with Gasteiger partial charge < -0.3 is 10.1 Å². The summed E-state index contributed by atoms with van der Waals surface area (Å²) >= 11 is 0. The maximum absolute atomic E-state index is 12.0. The summed E-state index contributed by atoms with van der Waals surface area (Å²) in [6.45, 7) is 1.11. The van der Waals surface area contributed by atoms with Gasteiger partial charge in [-0.3, -0.25) is 14.4 Å². The fourth-order valence-electron chi connectivity index (χ4n) is 3.27. The van der Waals surface area contributed by atoms with Crippen LogP contribution < -0.4 is 5.32 Å². The first kappa shape index (κ1) is 18.8. The second-order valence-electron chi connectivity index (χ2n) is 6.83. The number of amides is 1. The van der Waals surface area contributed by atoms with Crippen molar-refractivity contribution >= 4 is 23.3 Å². The predicted molar refractivity (Wildman–Crippen MR) is 103 cm³/mol. The van der Waals surface area contributed by atoms with E-state index >= 15 is 0 Å². The number of hydrogen-bond donors (Lipinski definition) is 1. The van der Waals surface area contributed by atoms with E-state index in [-0.39, 0.29) is 18.8 Å². The minimum absolute atomic E-state index is 0.0809. The van der Waals surface area contributed by atoms with E-state index in [0.29, 0.717) is 11.3 Å². The number of benzene rings is 2. The maximum atomic E-state index is 12.0. The number of hydrogen-bond acceptors (Lipinski definition) is 4. The Morgan fingerprint density at radius 1 is 1.00 bits per heavy atom. The van der Waals surface area contributed by atoms with Crippen molar-refractivity contribution in [1.82, 2.24) is 0 Å². The SMILES string of the molecule is CC(=O)c1cccc(NC(=O)COC(=O)Cc2ccc3c(c2)CCCC3)c1. The van der Waals surface area contributed by atoms with Crippen LogP contribution in [0.3, 0.4) is 0 Å². The summed E-state index contributed by atoms with van der Waals surface area (Å²) < 4.78 is 5.08. The molecule has 5 nitrogen and oxygen atoms in total. The van der Waals surface area contributed by atoms with Crippen LogP contribution in [0.15, 0.2) is 42.5 Å². The molecule has 0 aromatic heterocycles. The van der Waals surface area contributed by atoms with Crippen LogP contribution in [0, 0.1) is 0 Å². The van der Waals surface area contributed by atoms with Crippen molar-refractivity contribution in [2.24, 2.45) is 0 Å². The highest BCUT2D eigenvalue weighted by Gasteiger charge is 2.13. The van der Waals surface area contributed by atoms with Crippen molar-refractivity contribution in [3.8, 4) is 0 Å². The third kappa shape index (κ3) is 5.26. The van der Waals surface area contributed by atoms with E-state index in [2.05, 4.69) is 17.4 Å². The van der Waals surface area contributed by atoms with Gasteiger partial charge in [0.25, 0.3) is 5.91 Å². The molecular weight excluding hydrogens is 342 g/mol. The zero-order chi connectivity index (χ0) is 19.2. The van der Waals surface area contributed by atoms with Crippen molar-refractivity contribution in [3.05, 3.63) is 64.7 Å². The fraction of sp³-hybridized carbons (Fsp3) is 0.318. The number of carbonyl (C=O) groups is 3. The summed E-state index contributed by atoms with van der Waals surface area (Å²) in [4.78, 5) is 35.4. The molecule has 1 aliphatic rings. The van der Waals surface area contributed by atoms with Gasteiger partial charge in [0, 0.05) is 11.3 Å². The van der Waals surface area contributed by atoms with Gasteiger partial charge in [-0.2, -0.15) is 0 Å². The van der Waals surface area contributed by atoms with Gasteiger partial charge in [-0.05, 0) is 61.4 Å². The Labute approximate surface area is 158 Å². The summed E-state index contributed by atoms with van der Waals surface area (Å²) in [5.74, 6) is -0.949. The molecule has 140 valence electrons. The predicted octanol–water partition coefficient (Wildman–Crippen LogP) is 3.49. The minimum atomic E-state index is -0.436. The largest absolute Gasteiger partial charge is 0.455 e. The molecule has 0 spiro atoms. The third-order valence-corrected chi connectivity index (χ3v) is 4.68. The number of rotatable bonds is 6. The van der Waals surface area contributed by atoms with Crippen LogP contribution in [0.25, 0.3) is 0 Å². The Bertz CT molecular complexity index is 872. The van der Waals surface area contributed by atoms with E-state index in [1.807, 2.05) is 6.07 Å². The quantitative estimate of drug-likeness (QED) is 0.628. The molecule has 1 aliphatic carbocycles. The third-order valence-electron chi connectivity index (χ3n) is 4.68. The minimum Gasteiger partial charge on any atom is -0.455 e. The first-order chi connectivity index (χ1) is 13.0. The van der Waals surface area contributed by atoms with E-state index in [0.717, 1.165) is 18.4 Å². The van der Waals surface area contributed by atoms with Crippen molar-refractivity contribution in [1.29, 1.82) is 0 Å². The standard InChI is InChI=1S/C22H23NO4/c1-15(24)18-7-4-8-20(13-18)23-21(25)14-27-22(26)12-16-9-10-17-5-2-3-6-19(17)11-16/h4,7-11,13H,2-3,5-6,12,14H2,1H3,(H,23,25). The number of esters is 1. The second-order valence-corrected chi connectivity index (χ2v) is 6.83. The van der Waals surface area contributed by atoms with Crippen molar-refractivity contribution in [2.45, 2.75) is 39.0 Å². The molecule has 5 heteroatoms. The number of anilines is 1. The van der Waals surface area contributed by atoms with Crippen LogP contribution in [0.4, 0.5) is 5.69 Å². The molecule has 0 unspecified atom stereocenters. The van der Waals surface area contributed by atoms with Crippen LogP contribution >= 0.6 is 0 Å². The molecule has 1 amide bonds. The molecule has 0 aliphatic heterocycles. The Kier molecular flexibility index (Phi) is 6.01. The lowest BCUT2D eigenvalue weighted by atomic mass is 9.90. The van der Waals surface area contributed by atoms with Crippen LogP contribution in [0.1, 0.15) is 46.8 Å². The average Bonchev–Trinajstić information content (AvgIpc) is 2.66. The highest BCUT2D eigenvalue weighted by molar-refractivity contribution is 5.97. The smallest absolute Gasteiger partial charge is 0.310 e. The number of nitrogens with one attached hydrogen (secondary N) is 1. The summed E-state index contributed by atoms with van der Waals surface area (Å²) in [7, 11) is 0. The van der Waals surface area contributed by atoms with Gasteiger partial charge in [-0.25, -0.2) is 0 Å². The number of fused-ring (bicyclic) bond motifs is 1. The summed E-state index contributed by atoms with van der Waals surface area (Å²) in [6.07, 6.45) is 4.72. The maximum Gasteiger partial charge on any atom is 0.310 e. The lowest BCUT2D eigenvalue weighted by Gasteiger charge is -2.16. The molecule has 2 aromatic rings. The van der Waals surface area contributed by atoms with Crippen molar-refractivity contribution in [2.75, 3.05) is 11.9 Å². The number of ether oxygens (including phenoxy) is 1. The fourth-order valence-corrected chi connectivity index (χ4v) is 3.27. The first-order valence-electron chi connectivity index (χ1n) is 9.18. The topological polar surface area (TPSA) is 72.5 Å². The van der Waals surface area contributed by atoms with E-state index in [1.165, 1.54) is 30.9 Å². The monoisotopic (exact) mass is 365 g/mol. The highest BCUT2D eigenvalue weighted by atomic mass is 16.5. The molecule has 0 bridgehead atoms. The van der Waals surface area contributed by atoms with Gasteiger partial charge in [-0.15, -0.1) is 0 Å². The molecule has 0 heterocycles. The molecule has 0 atom stereocenters. The van der Waals surface area contributed by atoms with E-state index in [1.54, 1.807) is 24.3 Å².